The molecule has 0 spiro atoms. The minimum Gasteiger partial charge on any atom is -0.467 e. The Morgan fingerprint density at radius 1 is 1.35 bits per heavy atom. The zero-order chi connectivity index (χ0) is 14.8. The van der Waals surface area contributed by atoms with E-state index in [1.165, 1.54) is 6.26 Å². The fourth-order valence-corrected chi connectivity index (χ4v) is 2.31. The van der Waals surface area contributed by atoms with Gasteiger partial charge in [0, 0.05) is 16.2 Å². The highest BCUT2D eigenvalue weighted by Gasteiger charge is 2.16. The number of hydrogen-bond donors (Lipinski definition) is 1. The molecule has 1 amide bonds. The van der Waals surface area contributed by atoms with Crippen molar-refractivity contribution < 1.29 is 22.0 Å². The van der Waals surface area contributed by atoms with Crippen LogP contribution >= 0.6 is 10.7 Å². The molecule has 0 unspecified atom stereocenters. The molecule has 1 heterocycles. The number of carbonyl (C=O) groups excluding carboxylic acids is 1. The van der Waals surface area contributed by atoms with Crippen LogP contribution in [0.1, 0.15) is 16.1 Å². The Labute approximate surface area is 118 Å². The summed E-state index contributed by atoms with van der Waals surface area (Å²) in [5, 5.41) is 2.47. The Balaban J connectivity index is 2.19. The fraction of sp³-hybridized carbons (Fsp3) is 0.0833. The maximum atomic E-state index is 13.3. The second-order valence-corrected chi connectivity index (χ2v) is 6.44. The van der Waals surface area contributed by atoms with E-state index in [9.17, 15) is 17.6 Å². The van der Waals surface area contributed by atoms with Crippen molar-refractivity contribution in [3.63, 3.8) is 0 Å². The molecule has 0 fully saturated rings. The van der Waals surface area contributed by atoms with Gasteiger partial charge in [0.2, 0.25) is 0 Å². The van der Waals surface area contributed by atoms with E-state index in [2.05, 4.69) is 5.32 Å². The third-order valence-corrected chi connectivity index (χ3v) is 3.75. The Hall–Kier alpha value is -1.86. The van der Waals surface area contributed by atoms with Gasteiger partial charge in [0.1, 0.15) is 11.6 Å². The van der Waals surface area contributed by atoms with Crippen molar-refractivity contribution in [1.29, 1.82) is 0 Å². The van der Waals surface area contributed by atoms with Crippen molar-refractivity contribution in [1.82, 2.24) is 5.32 Å². The highest BCUT2D eigenvalue weighted by Crippen LogP contribution is 2.18. The molecule has 0 bridgehead atoms. The quantitative estimate of drug-likeness (QED) is 0.878. The Morgan fingerprint density at radius 3 is 2.70 bits per heavy atom. The van der Waals surface area contributed by atoms with E-state index in [4.69, 9.17) is 15.1 Å². The second-order valence-electron chi connectivity index (χ2n) is 3.88. The first-order valence-corrected chi connectivity index (χ1v) is 7.73. The number of nitrogens with one attached hydrogen (secondary N) is 1. The van der Waals surface area contributed by atoms with Gasteiger partial charge in [-0.15, -0.1) is 0 Å². The van der Waals surface area contributed by atoms with Crippen molar-refractivity contribution in [2.75, 3.05) is 0 Å². The molecule has 0 radical (unpaired) electrons. The third-order valence-electron chi connectivity index (χ3n) is 2.42. The number of benzene rings is 1. The van der Waals surface area contributed by atoms with Crippen LogP contribution in [0.5, 0.6) is 0 Å². The normalized spacial score (nSPS) is 11.3. The molecule has 2 rings (SSSR count). The topological polar surface area (TPSA) is 76.4 Å². The van der Waals surface area contributed by atoms with Crippen LogP contribution in [0.4, 0.5) is 4.39 Å². The molecule has 1 aromatic carbocycles. The molecular weight excluding hydrogens is 309 g/mol. The molecule has 0 aliphatic heterocycles. The van der Waals surface area contributed by atoms with Gasteiger partial charge in [-0.1, -0.05) is 0 Å². The van der Waals surface area contributed by atoms with Gasteiger partial charge in [-0.3, -0.25) is 4.79 Å². The van der Waals surface area contributed by atoms with E-state index in [1.54, 1.807) is 12.1 Å². The standard InChI is InChI=1S/C12H9ClFNO4S/c13-20(17,18)11-5-8(4-9(14)6-11)12(16)15-7-10-2-1-3-19-10/h1-6H,7H2,(H,15,16). The zero-order valence-electron chi connectivity index (χ0n) is 9.97. The molecular formula is C12H9ClFNO4S. The molecule has 0 aliphatic carbocycles. The summed E-state index contributed by atoms with van der Waals surface area (Å²) in [7, 11) is 1.02. The summed E-state index contributed by atoms with van der Waals surface area (Å²) in [6, 6.07) is 5.97. The predicted molar refractivity (Wildman–Crippen MR) is 69.3 cm³/mol. The van der Waals surface area contributed by atoms with Crippen LogP contribution in [0.25, 0.3) is 0 Å². The van der Waals surface area contributed by atoms with E-state index < -0.39 is 25.7 Å². The smallest absolute Gasteiger partial charge is 0.261 e. The zero-order valence-corrected chi connectivity index (χ0v) is 11.5. The number of furan rings is 1. The van der Waals surface area contributed by atoms with Gasteiger partial charge in [0.05, 0.1) is 17.7 Å². The first-order valence-electron chi connectivity index (χ1n) is 5.42. The number of amides is 1. The van der Waals surface area contributed by atoms with Crippen LogP contribution in [0.2, 0.25) is 0 Å². The summed E-state index contributed by atoms with van der Waals surface area (Å²) in [5.41, 5.74) is -0.143. The minimum absolute atomic E-state index is 0.102. The van der Waals surface area contributed by atoms with Crippen molar-refractivity contribution in [2.24, 2.45) is 0 Å². The van der Waals surface area contributed by atoms with E-state index in [0.29, 0.717) is 5.76 Å². The van der Waals surface area contributed by atoms with Gasteiger partial charge >= 0.3 is 0 Å². The van der Waals surface area contributed by atoms with Crippen LogP contribution in [-0.2, 0) is 15.6 Å². The molecule has 5 nitrogen and oxygen atoms in total. The van der Waals surface area contributed by atoms with Crippen molar-refractivity contribution in [3.05, 3.63) is 53.7 Å². The van der Waals surface area contributed by atoms with Crippen LogP contribution < -0.4 is 5.32 Å². The van der Waals surface area contributed by atoms with E-state index in [0.717, 1.165) is 18.2 Å². The largest absolute Gasteiger partial charge is 0.467 e. The first kappa shape index (κ1) is 14.5. The van der Waals surface area contributed by atoms with Gasteiger partial charge in [-0.25, -0.2) is 12.8 Å². The predicted octanol–water partition coefficient (Wildman–Crippen LogP) is 2.28. The summed E-state index contributed by atoms with van der Waals surface area (Å²) in [4.78, 5) is 11.3. The molecule has 106 valence electrons. The fourth-order valence-electron chi connectivity index (χ4n) is 1.52. The van der Waals surface area contributed by atoms with E-state index in [-0.39, 0.29) is 12.1 Å². The number of rotatable bonds is 4. The van der Waals surface area contributed by atoms with E-state index in [1.807, 2.05) is 0 Å². The maximum Gasteiger partial charge on any atom is 0.261 e. The lowest BCUT2D eigenvalue weighted by atomic mass is 10.2. The van der Waals surface area contributed by atoms with Crippen LogP contribution in [0.3, 0.4) is 0 Å². The lowest BCUT2D eigenvalue weighted by molar-refractivity contribution is 0.0947. The SMILES string of the molecule is O=C(NCc1ccco1)c1cc(F)cc(S(=O)(=O)Cl)c1. The highest BCUT2D eigenvalue weighted by atomic mass is 35.7. The maximum absolute atomic E-state index is 13.3. The third kappa shape index (κ3) is 3.58. The summed E-state index contributed by atoms with van der Waals surface area (Å²) >= 11 is 0. The second kappa shape index (κ2) is 5.64. The first-order chi connectivity index (χ1) is 9.36. The van der Waals surface area contributed by atoms with Crippen molar-refractivity contribution in [3.8, 4) is 0 Å². The minimum atomic E-state index is -4.11. The molecule has 0 aliphatic rings. The van der Waals surface area contributed by atoms with Crippen LogP contribution in [-0.4, -0.2) is 14.3 Å². The molecule has 20 heavy (non-hydrogen) atoms. The summed E-state index contributed by atoms with van der Waals surface area (Å²) in [6.07, 6.45) is 1.45. The van der Waals surface area contributed by atoms with Gasteiger partial charge in [-0.05, 0) is 30.3 Å². The Morgan fingerprint density at radius 2 is 2.10 bits per heavy atom. The van der Waals surface area contributed by atoms with Crippen LogP contribution in [0, 0.1) is 5.82 Å². The lowest BCUT2D eigenvalue weighted by Crippen LogP contribution is -2.22. The molecule has 0 atom stereocenters. The number of carbonyl (C=O) groups is 1. The number of halogens is 2. The molecule has 1 N–H and O–H groups in total. The molecule has 0 saturated heterocycles. The van der Waals surface area contributed by atoms with Gasteiger partial charge < -0.3 is 9.73 Å². The van der Waals surface area contributed by atoms with Crippen molar-refractivity contribution >= 4 is 25.6 Å². The molecule has 8 heteroatoms. The van der Waals surface area contributed by atoms with E-state index >= 15 is 0 Å². The highest BCUT2D eigenvalue weighted by molar-refractivity contribution is 8.13. The molecule has 1 aromatic heterocycles. The Bertz CT molecular complexity index is 728. The molecule has 0 saturated carbocycles. The summed E-state index contributed by atoms with van der Waals surface area (Å²) in [6.45, 7) is 0.102. The summed E-state index contributed by atoms with van der Waals surface area (Å²) in [5.74, 6) is -0.989. The summed E-state index contributed by atoms with van der Waals surface area (Å²) < 4.78 is 40.6. The molecule has 2 aromatic rings. The van der Waals surface area contributed by atoms with Gasteiger partial charge in [0.25, 0.3) is 15.0 Å². The van der Waals surface area contributed by atoms with Gasteiger partial charge in [-0.2, -0.15) is 0 Å². The Kier molecular flexibility index (Phi) is 4.10. The van der Waals surface area contributed by atoms with Gasteiger partial charge in [0.15, 0.2) is 0 Å². The van der Waals surface area contributed by atoms with Crippen LogP contribution in [0.15, 0.2) is 45.9 Å². The monoisotopic (exact) mass is 317 g/mol. The average Bonchev–Trinajstić information content (AvgIpc) is 2.87. The average molecular weight is 318 g/mol. The number of hydrogen-bond acceptors (Lipinski definition) is 4. The van der Waals surface area contributed by atoms with Crippen molar-refractivity contribution in [2.45, 2.75) is 11.4 Å². The lowest BCUT2D eigenvalue weighted by Gasteiger charge is -2.05.